The third kappa shape index (κ3) is 1.71. The van der Waals surface area contributed by atoms with Gasteiger partial charge >= 0.3 is 5.63 Å². The van der Waals surface area contributed by atoms with Crippen LogP contribution >= 0.6 is 0 Å². The molecule has 0 amide bonds. The molecule has 0 unspecified atom stereocenters. The zero-order chi connectivity index (χ0) is 12.7. The lowest BCUT2D eigenvalue weighted by atomic mass is 10.0. The van der Waals surface area contributed by atoms with Crippen molar-refractivity contribution in [1.29, 1.82) is 0 Å². The van der Waals surface area contributed by atoms with E-state index in [2.05, 4.69) is 6.58 Å². The van der Waals surface area contributed by atoms with Gasteiger partial charge in [0.2, 0.25) is 0 Å². The van der Waals surface area contributed by atoms with Crippen LogP contribution in [0.2, 0.25) is 0 Å². The van der Waals surface area contributed by atoms with Crippen LogP contribution < -0.4 is 10.4 Å². The molecule has 0 aliphatic carbocycles. The Morgan fingerprint density at radius 1 is 1.44 bits per heavy atom. The summed E-state index contributed by atoms with van der Waals surface area (Å²) in [5.41, 5.74) is 1.82. The molecule has 1 N–H and O–H groups in total. The van der Waals surface area contributed by atoms with Crippen molar-refractivity contribution in [2.24, 2.45) is 0 Å². The highest BCUT2D eigenvalue weighted by molar-refractivity contribution is 5.79. The lowest BCUT2D eigenvalue weighted by Gasteiger charge is -2.10. The minimum atomic E-state index is -0.378. The molecule has 1 aromatic heterocycles. The fourth-order valence-electron chi connectivity index (χ4n) is 2.14. The number of fused-ring (bicyclic) bond motifs is 2. The molecule has 0 fully saturated rings. The Morgan fingerprint density at radius 3 is 3.06 bits per heavy atom. The van der Waals surface area contributed by atoms with Gasteiger partial charge in [0.15, 0.2) is 0 Å². The standard InChI is InChI=1S/C14H12O4/c1-8(7-15)11-5-10-4-9-2-3-14(16)18-12(9)6-13(10)17-11/h2-4,6,11,15H,1,5,7H2/t11-/m0/s1. The Balaban J connectivity index is 2.06. The number of hydrogen-bond acceptors (Lipinski definition) is 4. The third-order valence-corrected chi connectivity index (χ3v) is 3.14. The molecule has 18 heavy (non-hydrogen) atoms. The van der Waals surface area contributed by atoms with Gasteiger partial charge in [-0.25, -0.2) is 4.79 Å². The lowest BCUT2D eigenvalue weighted by molar-refractivity contribution is 0.234. The number of hydrogen-bond donors (Lipinski definition) is 1. The van der Waals surface area contributed by atoms with E-state index >= 15 is 0 Å². The number of benzene rings is 1. The molecular formula is C14H12O4. The third-order valence-electron chi connectivity index (χ3n) is 3.14. The maximum atomic E-state index is 11.1. The Kier molecular flexibility index (Phi) is 2.45. The quantitative estimate of drug-likeness (QED) is 0.644. The van der Waals surface area contributed by atoms with E-state index in [-0.39, 0.29) is 18.3 Å². The second-order valence-electron chi connectivity index (χ2n) is 4.38. The van der Waals surface area contributed by atoms with Crippen molar-refractivity contribution in [1.82, 2.24) is 0 Å². The van der Waals surface area contributed by atoms with Crippen LogP contribution in [0.3, 0.4) is 0 Å². The van der Waals surface area contributed by atoms with Crippen LogP contribution in [0, 0.1) is 0 Å². The average Bonchev–Trinajstić information content (AvgIpc) is 2.77. The first-order chi connectivity index (χ1) is 8.67. The summed E-state index contributed by atoms with van der Waals surface area (Å²) in [7, 11) is 0. The second-order valence-corrected chi connectivity index (χ2v) is 4.38. The van der Waals surface area contributed by atoms with Crippen LogP contribution in [0.5, 0.6) is 5.75 Å². The normalized spacial score (nSPS) is 17.5. The van der Waals surface area contributed by atoms with Crippen LogP contribution in [0.1, 0.15) is 5.56 Å². The van der Waals surface area contributed by atoms with E-state index in [1.807, 2.05) is 6.07 Å². The fraction of sp³-hybridized carbons (Fsp3) is 0.214. The molecule has 1 aromatic carbocycles. The van der Waals surface area contributed by atoms with E-state index in [0.717, 1.165) is 10.9 Å². The zero-order valence-corrected chi connectivity index (χ0v) is 9.68. The van der Waals surface area contributed by atoms with Gasteiger partial charge in [-0.2, -0.15) is 0 Å². The van der Waals surface area contributed by atoms with Gasteiger partial charge in [0.1, 0.15) is 17.4 Å². The van der Waals surface area contributed by atoms with Crippen LogP contribution in [0.15, 0.2) is 45.6 Å². The van der Waals surface area contributed by atoms with E-state index in [0.29, 0.717) is 23.3 Å². The number of ether oxygens (including phenoxy) is 1. The predicted molar refractivity (Wildman–Crippen MR) is 66.8 cm³/mol. The first kappa shape index (κ1) is 11.0. The van der Waals surface area contributed by atoms with Crippen molar-refractivity contribution in [2.45, 2.75) is 12.5 Å². The van der Waals surface area contributed by atoms with Crippen LogP contribution in [0.25, 0.3) is 11.0 Å². The molecule has 2 heterocycles. The summed E-state index contributed by atoms with van der Waals surface area (Å²) in [5.74, 6) is 0.691. The van der Waals surface area contributed by atoms with E-state index in [1.54, 1.807) is 12.1 Å². The summed E-state index contributed by atoms with van der Waals surface area (Å²) in [6.45, 7) is 3.68. The summed E-state index contributed by atoms with van der Waals surface area (Å²) < 4.78 is 10.8. The van der Waals surface area contributed by atoms with Crippen molar-refractivity contribution in [3.05, 3.63) is 52.4 Å². The minimum absolute atomic E-state index is 0.0900. The number of rotatable bonds is 2. The second kappa shape index (κ2) is 3.99. The maximum absolute atomic E-state index is 11.1. The molecule has 0 radical (unpaired) electrons. The van der Waals surface area contributed by atoms with Crippen molar-refractivity contribution in [3.8, 4) is 5.75 Å². The maximum Gasteiger partial charge on any atom is 0.336 e. The molecule has 92 valence electrons. The molecular weight excluding hydrogens is 232 g/mol. The first-order valence-corrected chi connectivity index (χ1v) is 5.69. The zero-order valence-electron chi connectivity index (χ0n) is 9.68. The molecule has 2 aromatic rings. The topological polar surface area (TPSA) is 59.7 Å². The summed E-state index contributed by atoms with van der Waals surface area (Å²) in [4.78, 5) is 11.1. The van der Waals surface area contributed by atoms with Gasteiger partial charge in [-0.15, -0.1) is 0 Å². The fourth-order valence-corrected chi connectivity index (χ4v) is 2.14. The minimum Gasteiger partial charge on any atom is -0.485 e. The van der Waals surface area contributed by atoms with E-state index in [4.69, 9.17) is 14.3 Å². The van der Waals surface area contributed by atoms with Gasteiger partial charge in [0.25, 0.3) is 0 Å². The van der Waals surface area contributed by atoms with Gasteiger partial charge in [0, 0.05) is 23.9 Å². The Morgan fingerprint density at radius 2 is 2.28 bits per heavy atom. The van der Waals surface area contributed by atoms with Gasteiger partial charge in [-0.1, -0.05) is 6.58 Å². The summed E-state index contributed by atoms with van der Waals surface area (Å²) in [6, 6.07) is 6.79. The SMILES string of the molecule is C=C(CO)[C@@H]1Cc2cc3ccc(=O)oc3cc2O1. The molecule has 0 spiro atoms. The Bertz CT molecular complexity index is 684. The smallest absolute Gasteiger partial charge is 0.336 e. The molecule has 1 aliphatic rings. The van der Waals surface area contributed by atoms with Crippen LogP contribution in [-0.2, 0) is 6.42 Å². The molecule has 4 nitrogen and oxygen atoms in total. The van der Waals surface area contributed by atoms with Crippen molar-refractivity contribution >= 4 is 11.0 Å². The molecule has 4 heteroatoms. The number of aliphatic hydroxyl groups excluding tert-OH is 1. The number of aliphatic hydroxyl groups is 1. The monoisotopic (exact) mass is 244 g/mol. The van der Waals surface area contributed by atoms with Crippen molar-refractivity contribution < 1.29 is 14.3 Å². The molecule has 1 atom stereocenters. The largest absolute Gasteiger partial charge is 0.485 e. The van der Waals surface area contributed by atoms with E-state index in [9.17, 15) is 4.79 Å². The van der Waals surface area contributed by atoms with Crippen LogP contribution in [-0.4, -0.2) is 17.8 Å². The molecule has 0 bridgehead atoms. The molecule has 0 saturated carbocycles. The van der Waals surface area contributed by atoms with Gasteiger partial charge in [-0.3, -0.25) is 0 Å². The van der Waals surface area contributed by atoms with Crippen LogP contribution in [0.4, 0.5) is 0 Å². The van der Waals surface area contributed by atoms with Gasteiger partial charge in [0.05, 0.1) is 6.61 Å². The van der Waals surface area contributed by atoms with E-state index < -0.39 is 0 Å². The van der Waals surface area contributed by atoms with Gasteiger partial charge in [-0.05, 0) is 23.3 Å². The Labute approximate surface area is 103 Å². The summed E-state index contributed by atoms with van der Waals surface area (Å²) in [5, 5.41) is 9.93. The van der Waals surface area contributed by atoms with Crippen molar-refractivity contribution in [2.75, 3.05) is 6.61 Å². The predicted octanol–water partition coefficient (Wildman–Crippen LogP) is 1.64. The first-order valence-electron chi connectivity index (χ1n) is 5.69. The molecule has 0 saturated heterocycles. The highest BCUT2D eigenvalue weighted by Crippen LogP contribution is 2.34. The molecule has 1 aliphatic heterocycles. The lowest BCUT2D eigenvalue weighted by Crippen LogP contribution is -2.17. The van der Waals surface area contributed by atoms with Gasteiger partial charge < -0.3 is 14.3 Å². The van der Waals surface area contributed by atoms with Crippen molar-refractivity contribution in [3.63, 3.8) is 0 Å². The average molecular weight is 244 g/mol. The molecule has 3 rings (SSSR count). The highest BCUT2D eigenvalue weighted by Gasteiger charge is 2.25. The highest BCUT2D eigenvalue weighted by atomic mass is 16.5. The summed E-state index contributed by atoms with van der Waals surface area (Å²) in [6.07, 6.45) is 0.484. The van der Waals surface area contributed by atoms with E-state index in [1.165, 1.54) is 6.07 Å². The Hall–Kier alpha value is -2.07. The summed E-state index contributed by atoms with van der Waals surface area (Å²) >= 11 is 0.